The summed E-state index contributed by atoms with van der Waals surface area (Å²) in [5.74, 6) is 0.703. The number of thiocarbonyl (C=S) groups is 1. The Morgan fingerprint density at radius 3 is 3.07 bits per heavy atom. The van der Waals surface area contributed by atoms with Crippen LogP contribution in [0, 0.1) is 0 Å². The molecule has 82 valence electrons. The van der Waals surface area contributed by atoms with E-state index in [0.29, 0.717) is 17.4 Å². The minimum absolute atomic E-state index is 0.165. The lowest BCUT2D eigenvalue weighted by Gasteiger charge is -2.15. The van der Waals surface area contributed by atoms with E-state index in [1.807, 2.05) is 13.0 Å². The maximum atomic E-state index is 5.58. The summed E-state index contributed by atoms with van der Waals surface area (Å²) in [6.45, 7) is 2.61. The van der Waals surface area contributed by atoms with Gasteiger partial charge in [-0.2, -0.15) is 0 Å². The molecule has 0 bridgehead atoms. The molecule has 0 spiro atoms. The number of nitrogens with two attached hydrogens (primary N) is 1. The van der Waals surface area contributed by atoms with Crippen molar-refractivity contribution in [1.82, 2.24) is 4.98 Å². The second-order valence-electron chi connectivity index (χ2n) is 3.26. The maximum absolute atomic E-state index is 5.58. The normalized spacial score (nSPS) is 12.1. The van der Waals surface area contributed by atoms with Gasteiger partial charge in [-0.05, 0) is 19.1 Å². The number of nitrogens with zero attached hydrogens (tertiary/aromatic N) is 1. The van der Waals surface area contributed by atoms with E-state index in [2.05, 4.69) is 10.3 Å². The van der Waals surface area contributed by atoms with Crippen LogP contribution < -0.4 is 11.1 Å². The third kappa shape index (κ3) is 3.45. The monoisotopic (exact) mass is 225 g/mol. The smallest absolute Gasteiger partial charge is 0.136 e. The molecule has 0 saturated heterocycles. The first-order valence-electron chi connectivity index (χ1n) is 4.65. The van der Waals surface area contributed by atoms with Crippen LogP contribution in [0.15, 0.2) is 18.3 Å². The van der Waals surface area contributed by atoms with Crippen molar-refractivity contribution in [2.75, 3.05) is 19.0 Å². The van der Waals surface area contributed by atoms with E-state index in [1.165, 1.54) is 0 Å². The van der Waals surface area contributed by atoms with Crippen molar-refractivity contribution >= 4 is 23.0 Å². The minimum Gasteiger partial charge on any atom is -0.389 e. The highest BCUT2D eigenvalue weighted by Crippen LogP contribution is 2.12. The topological polar surface area (TPSA) is 60.2 Å². The van der Waals surface area contributed by atoms with E-state index in [1.54, 1.807) is 19.4 Å². The number of hydrogen-bond acceptors (Lipinski definition) is 4. The molecule has 15 heavy (non-hydrogen) atoms. The largest absolute Gasteiger partial charge is 0.389 e. The fourth-order valence-electron chi connectivity index (χ4n) is 1.24. The van der Waals surface area contributed by atoms with Crippen molar-refractivity contribution in [3.63, 3.8) is 0 Å². The zero-order chi connectivity index (χ0) is 11.3. The van der Waals surface area contributed by atoms with Gasteiger partial charge in [-0.25, -0.2) is 4.98 Å². The number of nitrogens with one attached hydrogen (secondary N) is 1. The lowest BCUT2D eigenvalue weighted by molar-refractivity contribution is 0.190. The molecule has 1 unspecified atom stereocenters. The molecule has 4 nitrogen and oxygen atoms in total. The lowest BCUT2D eigenvalue weighted by Crippen LogP contribution is -2.24. The highest BCUT2D eigenvalue weighted by atomic mass is 32.1. The molecule has 0 fully saturated rings. The van der Waals surface area contributed by atoms with E-state index < -0.39 is 0 Å². The van der Waals surface area contributed by atoms with Crippen molar-refractivity contribution in [3.05, 3.63) is 23.9 Å². The molecule has 5 heteroatoms. The third-order valence-corrected chi connectivity index (χ3v) is 2.09. The summed E-state index contributed by atoms with van der Waals surface area (Å²) in [6, 6.07) is 3.82. The number of pyridine rings is 1. The Labute approximate surface area is 94.8 Å². The van der Waals surface area contributed by atoms with E-state index in [4.69, 9.17) is 22.7 Å². The predicted octanol–water partition coefficient (Wildman–Crippen LogP) is 1.16. The van der Waals surface area contributed by atoms with Crippen LogP contribution in [-0.4, -0.2) is 29.7 Å². The van der Waals surface area contributed by atoms with Gasteiger partial charge in [0, 0.05) is 19.3 Å². The Morgan fingerprint density at radius 1 is 1.73 bits per heavy atom. The first-order valence-corrected chi connectivity index (χ1v) is 5.06. The summed E-state index contributed by atoms with van der Waals surface area (Å²) < 4.78 is 5.02. The number of hydrogen-bond donors (Lipinski definition) is 2. The van der Waals surface area contributed by atoms with Crippen molar-refractivity contribution in [3.8, 4) is 0 Å². The summed E-state index contributed by atoms with van der Waals surface area (Å²) >= 11 is 4.93. The van der Waals surface area contributed by atoms with Crippen LogP contribution >= 0.6 is 12.2 Å². The SMILES string of the molecule is COCC(C)Nc1ncccc1C(N)=S. The second kappa shape index (κ2) is 5.63. The zero-order valence-electron chi connectivity index (χ0n) is 8.86. The lowest BCUT2D eigenvalue weighted by atomic mass is 10.2. The van der Waals surface area contributed by atoms with E-state index in [9.17, 15) is 0 Å². The molecule has 0 aliphatic carbocycles. The van der Waals surface area contributed by atoms with Crippen LogP contribution in [0.5, 0.6) is 0 Å². The molecule has 1 heterocycles. The summed E-state index contributed by atoms with van der Waals surface area (Å²) in [6.07, 6.45) is 1.70. The molecule has 0 amide bonds. The zero-order valence-corrected chi connectivity index (χ0v) is 9.67. The van der Waals surface area contributed by atoms with Gasteiger partial charge in [-0.1, -0.05) is 12.2 Å². The van der Waals surface area contributed by atoms with Crippen LogP contribution in [-0.2, 0) is 4.74 Å². The van der Waals surface area contributed by atoms with Gasteiger partial charge in [0.15, 0.2) is 0 Å². The Hall–Kier alpha value is -1.20. The molecule has 1 aromatic rings. The molecule has 1 rings (SSSR count). The van der Waals surface area contributed by atoms with Crippen LogP contribution in [0.1, 0.15) is 12.5 Å². The summed E-state index contributed by atoms with van der Waals surface area (Å²) in [7, 11) is 1.66. The Morgan fingerprint density at radius 2 is 2.47 bits per heavy atom. The first kappa shape index (κ1) is 11.9. The van der Waals surface area contributed by atoms with Crippen molar-refractivity contribution in [1.29, 1.82) is 0 Å². The van der Waals surface area contributed by atoms with Gasteiger partial charge < -0.3 is 15.8 Å². The Balaban J connectivity index is 2.79. The Bertz CT molecular complexity index is 343. The maximum Gasteiger partial charge on any atom is 0.136 e. The molecule has 1 aromatic heterocycles. The number of aromatic nitrogens is 1. The first-order chi connectivity index (χ1) is 7.15. The average molecular weight is 225 g/mol. The summed E-state index contributed by atoms with van der Waals surface area (Å²) in [5.41, 5.74) is 6.34. The highest BCUT2D eigenvalue weighted by molar-refractivity contribution is 7.80. The predicted molar refractivity (Wildman–Crippen MR) is 65.1 cm³/mol. The van der Waals surface area contributed by atoms with Gasteiger partial charge in [0.1, 0.15) is 10.8 Å². The van der Waals surface area contributed by atoms with Crippen molar-refractivity contribution in [2.45, 2.75) is 13.0 Å². The molecular formula is C10H15N3OS. The molecule has 0 radical (unpaired) electrons. The second-order valence-corrected chi connectivity index (χ2v) is 3.70. The number of ether oxygens (including phenoxy) is 1. The van der Waals surface area contributed by atoms with Crippen LogP contribution in [0.2, 0.25) is 0 Å². The van der Waals surface area contributed by atoms with Gasteiger partial charge in [0.05, 0.1) is 12.2 Å². The van der Waals surface area contributed by atoms with Gasteiger partial charge in [-0.15, -0.1) is 0 Å². The van der Waals surface area contributed by atoms with E-state index in [-0.39, 0.29) is 6.04 Å². The number of anilines is 1. The van der Waals surface area contributed by atoms with Crippen LogP contribution in [0.25, 0.3) is 0 Å². The average Bonchev–Trinajstić information content (AvgIpc) is 2.18. The Kier molecular flexibility index (Phi) is 4.45. The van der Waals surface area contributed by atoms with Crippen LogP contribution in [0.4, 0.5) is 5.82 Å². The summed E-state index contributed by atoms with van der Waals surface area (Å²) in [5, 5.41) is 3.19. The van der Waals surface area contributed by atoms with Gasteiger partial charge in [0.2, 0.25) is 0 Å². The molecule has 0 aromatic carbocycles. The van der Waals surface area contributed by atoms with Crippen LogP contribution in [0.3, 0.4) is 0 Å². The third-order valence-electron chi connectivity index (χ3n) is 1.87. The highest BCUT2D eigenvalue weighted by Gasteiger charge is 2.08. The molecule has 0 aliphatic heterocycles. The fraction of sp³-hybridized carbons (Fsp3) is 0.400. The molecule has 0 saturated carbocycles. The fourth-order valence-corrected chi connectivity index (χ4v) is 1.41. The molecular weight excluding hydrogens is 210 g/mol. The standard InChI is InChI=1S/C10H15N3OS/c1-7(6-14-2)13-10-8(9(11)15)4-3-5-12-10/h3-5,7H,6H2,1-2H3,(H2,11,15)(H,12,13). The quantitative estimate of drug-likeness (QED) is 0.736. The van der Waals surface area contributed by atoms with Gasteiger partial charge in [0.25, 0.3) is 0 Å². The molecule has 3 N–H and O–H groups in total. The number of rotatable bonds is 5. The van der Waals surface area contributed by atoms with Crippen molar-refractivity contribution in [2.24, 2.45) is 5.73 Å². The van der Waals surface area contributed by atoms with E-state index in [0.717, 1.165) is 5.56 Å². The molecule has 1 atom stereocenters. The van der Waals surface area contributed by atoms with Gasteiger partial charge >= 0.3 is 0 Å². The van der Waals surface area contributed by atoms with E-state index >= 15 is 0 Å². The van der Waals surface area contributed by atoms with Gasteiger partial charge in [-0.3, -0.25) is 0 Å². The summed E-state index contributed by atoms with van der Waals surface area (Å²) in [4.78, 5) is 4.53. The van der Waals surface area contributed by atoms with Crippen molar-refractivity contribution < 1.29 is 4.74 Å². The number of methoxy groups -OCH3 is 1. The minimum atomic E-state index is 0.165. The molecule has 0 aliphatic rings.